The highest BCUT2D eigenvalue weighted by atomic mass is 16.4. The molecule has 1 unspecified atom stereocenters. The first-order valence-electron chi connectivity index (χ1n) is 6.44. The van der Waals surface area contributed by atoms with E-state index in [4.69, 9.17) is 5.11 Å². The molecule has 6 nitrogen and oxygen atoms in total. The Balaban J connectivity index is 2.36. The number of carbonyl (C=O) groups is 1. The van der Waals surface area contributed by atoms with E-state index in [-0.39, 0.29) is 0 Å². The van der Waals surface area contributed by atoms with Gasteiger partial charge in [0.15, 0.2) is 5.82 Å². The number of nitrogens with zero attached hydrogens (tertiary/aromatic N) is 4. The molecule has 0 bridgehead atoms. The van der Waals surface area contributed by atoms with Gasteiger partial charge in [0.25, 0.3) is 0 Å². The third kappa shape index (κ3) is 2.84. The molecular formula is C14H18N4O2. The molecule has 0 saturated carbocycles. The number of carboxylic acid groups (broad SMARTS) is 1. The minimum atomic E-state index is -0.805. The molecule has 1 N–H and O–H groups in total. The van der Waals surface area contributed by atoms with Crippen LogP contribution >= 0.6 is 0 Å². The molecule has 0 saturated heterocycles. The largest absolute Gasteiger partial charge is 0.481 e. The molecule has 1 atom stereocenters. The summed E-state index contributed by atoms with van der Waals surface area (Å²) in [7, 11) is 1.84. The van der Waals surface area contributed by atoms with Gasteiger partial charge in [0.05, 0.1) is 17.7 Å². The van der Waals surface area contributed by atoms with Crippen LogP contribution in [0.25, 0.3) is 11.4 Å². The zero-order valence-electron chi connectivity index (χ0n) is 12.1. The Morgan fingerprint density at radius 2 is 1.95 bits per heavy atom. The van der Waals surface area contributed by atoms with Gasteiger partial charge in [-0.15, -0.1) is 0 Å². The van der Waals surface area contributed by atoms with E-state index >= 15 is 0 Å². The van der Waals surface area contributed by atoms with E-state index in [0.29, 0.717) is 12.2 Å². The summed E-state index contributed by atoms with van der Waals surface area (Å²) in [6.45, 7) is 5.47. The Morgan fingerprint density at radius 3 is 2.40 bits per heavy atom. The number of aromatic nitrogens is 4. The van der Waals surface area contributed by atoms with Crippen LogP contribution in [-0.4, -0.2) is 30.8 Å². The van der Waals surface area contributed by atoms with Gasteiger partial charge in [0.1, 0.15) is 0 Å². The SMILES string of the molecule is Cc1nc(-c2cnn(C)c2)nc(C)c1CC(C)C(=O)O. The van der Waals surface area contributed by atoms with Crippen molar-refractivity contribution in [1.29, 1.82) is 0 Å². The minimum Gasteiger partial charge on any atom is -0.481 e. The molecule has 2 aromatic heterocycles. The third-order valence-corrected chi connectivity index (χ3v) is 3.32. The predicted octanol–water partition coefficient (Wildman–Crippen LogP) is 1.76. The summed E-state index contributed by atoms with van der Waals surface area (Å²) in [4.78, 5) is 19.9. The molecule has 6 heteroatoms. The van der Waals surface area contributed by atoms with E-state index in [0.717, 1.165) is 22.5 Å². The van der Waals surface area contributed by atoms with Gasteiger partial charge in [-0.1, -0.05) is 6.92 Å². The lowest BCUT2D eigenvalue weighted by Crippen LogP contribution is -2.15. The molecule has 0 fully saturated rings. The van der Waals surface area contributed by atoms with E-state index < -0.39 is 11.9 Å². The highest BCUT2D eigenvalue weighted by Crippen LogP contribution is 2.20. The summed E-state index contributed by atoms with van der Waals surface area (Å²) in [6, 6.07) is 0. The standard InChI is InChI=1S/C14H18N4O2/c1-8(14(19)20)5-12-9(2)16-13(17-10(12)3)11-6-15-18(4)7-11/h6-8H,5H2,1-4H3,(H,19,20). The van der Waals surface area contributed by atoms with E-state index in [1.54, 1.807) is 17.8 Å². The normalized spacial score (nSPS) is 12.4. The first-order chi connectivity index (χ1) is 9.38. The average molecular weight is 274 g/mol. The molecular weight excluding hydrogens is 256 g/mol. The van der Waals surface area contributed by atoms with Gasteiger partial charge in [-0.3, -0.25) is 9.48 Å². The van der Waals surface area contributed by atoms with Crippen LogP contribution in [0, 0.1) is 19.8 Å². The molecule has 0 aliphatic carbocycles. The molecule has 20 heavy (non-hydrogen) atoms. The molecule has 2 heterocycles. The first-order valence-corrected chi connectivity index (χ1v) is 6.44. The number of aryl methyl sites for hydroxylation is 3. The van der Waals surface area contributed by atoms with Gasteiger partial charge in [0, 0.05) is 24.6 Å². The van der Waals surface area contributed by atoms with Crippen molar-refractivity contribution in [2.45, 2.75) is 27.2 Å². The molecule has 2 aromatic rings. The fraction of sp³-hybridized carbons (Fsp3) is 0.429. The molecule has 106 valence electrons. The van der Waals surface area contributed by atoms with E-state index in [1.807, 2.05) is 27.1 Å². The second-order valence-corrected chi connectivity index (χ2v) is 5.04. The quantitative estimate of drug-likeness (QED) is 0.918. The third-order valence-electron chi connectivity index (χ3n) is 3.32. The smallest absolute Gasteiger partial charge is 0.306 e. The van der Waals surface area contributed by atoms with Crippen LogP contribution in [-0.2, 0) is 18.3 Å². The maximum absolute atomic E-state index is 11.0. The van der Waals surface area contributed by atoms with Crippen LogP contribution in [0.1, 0.15) is 23.9 Å². The first kappa shape index (κ1) is 14.2. The van der Waals surface area contributed by atoms with E-state index in [9.17, 15) is 4.79 Å². The van der Waals surface area contributed by atoms with Crippen molar-refractivity contribution >= 4 is 5.97 Å². The second-order valence-electron chi connectivity index (χ2n) is 5.04. The van der Waals surface area contributed by atoms with Crippen molar-refractivity contribution in [3.63, 3.8) is 0 Å². The topological polar surface area (TPSA) is 80.9 Å². The van der Waals surface area contributed by atoms with E-state index in [1.165, 1.54) is 0 Å². The van der Waals surface area contributed by atoms with Crippen molar-refractivity contribution in [1.82, 2.24) is 19.7 Å². The molecule has 2 rings (SSSR count). The maximum atomic E-state index is 11.0. The number of hydrogen-bond acceptors (Lipinski definition) is 4. The molecule has 0 aliphatic heterocycles. The van der Waals surface area contributed by atoms with Crippen LogP contribution in [0.5, 0.6) is 0 Å². The van der Waals surface area contributed by atoms with E-state index in [2.05, 4.69) is 15.1 Å². The van der Waals surface area contributed by atoms with Gasteiger partial charge < -0.3 is 5.11 Å². The van der Waals surface area contributed by atoms with Crippen LogP contribution in [0.3, 0.4) is 0 Å². The summed E-state index contributed by atoms with van der Waals surface area (Å²) in [5.41, 5.74) is 3.41. The summed E-state index contributed by atoms with van der Waals surface area (Å²) in [5.74, 6) is -0.625. The van der Waals surface area contributed by atoms with Crippen molar-refractivity contribution in [2.75, 3.05) is 0 Å². The monoisotopic (exact) mass is 274 g/mol. The number of carboxylic acids is 1. The number of rotatable bonds is 4. The number of hydrogen-bond donors (Lipinski definition) is 1. The Morgan fingerprint density at radius 1 is 1.35 bits per heavy atom. The summed E-state index contributed by atoms with van der Waals surface area (Å²) in [5, 5.41) is 13.1. The molecule has 0 aromatic carbocycles. The van der Waals surface area contributed by atoms with Gasteiger partial charge in [0.2, 0.25) is 0 Å². The van der Waals surface area contributed by atoms with Crippen LogP contribution in [0.4, 0.5) is 0 Å². The predicted molar refractivity (Wildman–Crippen MR) is 74.2 cm³/mol. The lowest BCUT2D eigenvalue weighted by Gasteiger charge is -2.12. The van der Waals surface area contributed by atoms with Crippen LogP contribution in [0.2, 0.25) is 0 Å². The highest BCUT2D eigenvalue weighted by molar-refractivity contribution is 5.70. The molecule has 0 spiro atoms. The zero-order chi connectivity index (χ0) is 14.9. The molecule has 0 radical (unpaired) electrons. The zero-order valence-corrected chi connectivity index (χ0v) is 12.1. The summed E-state index contributed by atoms with van der Waals surface area (Å²) in [6.07, 6.45) is 4.02. The lowest BCUT2D eigenvalue weighted by molar-refractivity contribution is -0.141. The molecule has 0 aliphatic rings. The second kappa shape index (κ2) is 5.40. The lowest BCUT2D eigenvalue weighted by atomic mass is 9.99. The van der Waals surface area contributed by atoms with Gasteiger partial charge in [-0.05, 0) is 25.8 Å². The number of aliphatic carboxylic acids is 1. The summed E-state index contributed by atoms with van der Waals surface area (Å²) >= 11 is 0. The van der Waals surface area contributed by atoms with Gasteiger partial charge >= 0.3 is 5.97 Å². The van der Waals surface area contributed by atoms with Crippen molar-refractivity contribution < 1.29 is 9.90 Å². The minimum absolute atomic E-state index is 0.444. The Hall–Kier alpha value is -2.24. The van der Waals surface area contributed by atoms with Crippen molar-refractivity contribution in [2.24, 2.45) is 13.0 Å². The Labute approximate surface area is 117 Å². The van der Waals surface area contributed by atoms with Gasteiger partial charge in [-0.25, -0.2) is 9.97 Å². The van der Waals surface area contributed by atoms with Crippen molar-refractivity contribution in [3.8, 4) is 11.4 Å². The van der Waals surface area contributed by atoms with Crippen LogP contribution in [0.15, 0.2) is 12.4 Å². The molecule has 0 amide bonds. The van der Waals surface area contributed by atoms with Gasteiger partial charge in [-0.2, -0.15) is 5.10 Å². The Kier molecular flexibility index (Phi) is 3.83. The average Bonchev–Trinajstić information content (AvgIpc) is 2.79. The maximum Gasteiger partial charge on any atom is 0.306 e. The fourth-order valence-electron chi connectivity index (χ4n) is 2.09. The highest BCUT2D eigenvalue weighted by Gasteiger charge is 2.17. The van der Waals surface area contributed by atoms with Crippen molar-refractivity contribution in [3.05, 3.63) is 29.3 Å². The summed E-state index contributed by atoms with van der Waals surface area (Å²) < 4.78 is 1.70. The fourth-order valence-corrected chi connectivity index (χ4v) is 2.09. The van der Waals surface area contributed by atoms with Crippen LogP contribution < -0.4 is 0 Å². The Bertz CT molecular complexity index is 625.